The molecule has 0 amide bonds. The molecule has 1 rings (SSSR count). The van der Waals surface area contributed by atoms with E-state index in [9.17, 15) is 0 Å². The summed E-state index contributed by atoms with van der Waals surface area (Å²) in [6.45, 7) is 9.94. The van der Waals surface area contributed by atoms with Crippen LogP contribution in [-0.2, 0) is 17.8 Å². The van der Waals surface area contributed by atoms with Crippen LogP contribution in [0.1, 0.15) is 31.5 Å². The summed E-state index contributed by atoms with van der Waals surface area (Å²) in [6.07, 6.45) is 3.14. The number of nitrogens with one attached hydrogen (secondary N) is 1. The zero-order valence-electron chi connectivity index (χ0n) is 12.5. The summed E-state index contributed by atoms with van der Waals surface area (Å²) < 4.78 is 5.12. The van der Waals surface area contributed by atoms with E-state index in [2.05, 4.69) is 41.2 Å². The van der Waals surface area contributed by atoms with Crippen molar-refractivity contribution in [2.24, 2.45) is 0 Å². The predicted octanol–water partition coefficient (Wildman–Crippen LogP) is 2.05. The highest BCUT2D eigenvalue weighted by atomic mass is 16.5. The van der Waals surface area contributed by atoms with Crippen molar-refractivity contribution in [1.29, 1.82) is 0 Å². The molecule has 0 aliphatic heterocycles. The van der Waals surface area contributed by atoms with E-state index in [1.54, 1.807) is 7.11 Å². The van der Waals surface area contributed by atoms with Gasteiger partial charge in [-0.05, 0) is 31.1 Å². The summed E-state index contributed by atoms with van der Waals surface area (Å²) in [5.74, 6) is 0. The molecule has 4 heteroatoms. The number of aromatic nitrogens is 1. The maximum atomic E-state index is 5.12. The Morgan fingerprint density at radius 2 is 2.16 bits per heavy atom. The van der Waals surface area contributed by atoms with E-state index < -0.39 is 0 Å². The fourth-order valence-electron chi connectivity index (χ4n) is 1.86. The van der Waals surface area contributed by atoms with Crippen LogP contribution in [0.5, 0.6) is 0 Å². The molecular weight excluding hydrogens is 238 g/mol. The number of methoxy groups -OCH3 is 1. The summed E-state index contributed by atoms with van der Waals surface area (Å²) in [5, 5.41) is 3.38. The monoisotopic (exact) mass is 265 g/mol. The lowest BCUT2D eigenvalue weighted by Gasteiger charge is -2.19. The van der Waals surface area contributed by atoms with Gasteiger partial charge in [0.1, 0.15) is 0 Å². The lowest BCUT2D eigenvalue weighted by atomic mass is 10.2. The van der Waals surface area contributed by atoms with Crippen molar-refractivity contribution < 1.29 is 4.74 Å². The van der Waals surface area contributed by atoms with Crippen LogP contribution in [0.25, 0.3) is 0 Å². The highest BCUT2D eigenvalue weighted by molar-refractivity contribution is 5.13. The molecule has 0 bridgehead atoms. The van der Waals surface area contributed by atoms with Crippen LogP contribution in [0.3, 0.4) is 0 Å². The second-order valence-corrected chi connectivity index (χ2v) is 4.70. The first-order chi connectivity index (χ1) is 9.30. The Morgan fingerprint density at radius 3 is 2.74 bits per heavy atom. The molecule has 0 saturated carbocycles. The second-order valence-electron chi connectivity index (χ2n) is 4.70. The van der Waals surface area contributed by atoms with Gasteiger partial charge in [-0.2, -0.15) is 0 Å². The Kier molecular flexibility index (Phi) is 8.38. The highest BCUT2D eigenvalue weighted by Crippen LogP contribution is 2.04. The molecule has 19 heavy (non-hydrogen) atoms. The number of likely N-dealkylation sites (N-methyl/N-ethyl adjacent to an activating group) is 1. The Morgan fingerprint density at radius 1 is 1.32 bits per heavy atom. The Hall–Kier alpha value is -0.970. The van der Waals surface area contributed by atoms with Crippen LogP contribution in [-0.4, -0.2) is 43.2 Å². The SMILES string of the molecule is CCCNCc1ccc(CN(CC)CCOC)nc1. The second kappa shape index (κ2) is 9.89. The Balaban J connectivity index is 2.41. The number of hydrogen-bond acceptors (Lipinski definition) is 4. The first kappa shape index (κ1) is 16.1. The average Bonchev–Trinajstić information content (AvgIpc) is 2.45. The van der Waals surface area contributed by atoms with Crippen molar-refractivity contribution in [3.63, 3.8) is 0 Å². The van der Waals surface area contributed by atoms with Gasteiger partial charge in [-0.1, -0.05) is 19.9 Å². The van der Waals surface area contributed by atoms with Crippen LogP contribution in [0.2, 0.25) is 0 Å². The topological polar surface area (TPSA) is 37.4 Å². The molecule has 0 unspecified atom stereocenters. The first-order valence-electron chi connectivity index (χ1n) is 7.16. The van der Waals surface area contributed by atoms with Crippen LogP contribution in [0, 0.1) is 0 Å². The Bertz CT molecular complexity index is 327. The number of ether oxygens (including phenoxy) is 1. The van der Waals surface area contributed by atoms with E-state index in [0.717, 1.165) is 51.4 Å². The van der Waals surface area contributed by atoms with E-state index in [4.69, 9.17) is 4.74 Å². The molecule has 0 atom stereocenters. The molecule has 1 aromatic rings. The number of hydrogen-bond donors (Lipinski definition) is 1. The third kappa shape index (κ3) is 6.66. The van der Waals surface area contributed by atoms with E-state index in [1.165, 1.54) is 5.56 Å². The zero-order valence-corrected chi connectivity index (χ0v) is 12.5. The van der Waals surface area contributed by atoms with Crippen molar-refractivity contribution in [2.45, 2.75) is 33.4 Å². The van der Waals surface area contributed by atoms with Gasteiger partial charge in [-0.25, -0.2) is 0 Å². The fourth-order valence-corrected chi connectivity index (χ4v) is 1.86. The summed E-state index contributed by atoms with van der Waals surface area (Å²) in [7, 11) is 1.74. The molecular formula is C15H27N3O. The predicted molar refractivity (Wildman–Crippen MR) is 79.1 cm³/mol. The average molecular weight is 265 g/mol. The first-order valence-corrected chi connectivity index (χ1v) is 7.16. The van der Waals surface area contributed by atoms with Gasteiger partial charge in [0.2, 0.25) is 0 Å². The molecule has 0 aliphatic rings. The van der Waals surface area contributed by atoms with Crippen LogP contribution < -0.4 is 5.32 Å². The molecule has 0 spiro atoms. The van der Waals surface area contributed by atoms with E-state index in [-0.39, 0.29) is 0 Å². The van der Waals surface area contributed by atoms with E-state index in [0.29, 0.717) is 0 Å². The minimum Gasteiger partial charge on any atom is -0.383 e. The zero-order chi connectivity index (χ0) is 13.9. The largest absolute Gasteiger partial charge is 0.383 e. The van der Waals surface area contributed by atoms with Gasteiger partial charge in [0.05, 0.1) is 12.3 Å². The minimum absolute atomic E-state index is 0.771. The van der Waals surface area contributed by atoms with Gasteiger partial charge in [0.15, 0.2) is 0 Å². The van der Waals surface area contributed by atoms with Gasteiger partial charge in [0, 0.05) is 32.9 Å². The standard InChI is InChI=1S/C15H27N3O/c1-4-8-16-11-14-6-7-15(17-12-14)13-18(5-2)9-10-19-3/h6-7,12,16H,4-5,8-11,13H2,1-3H3. The van der Waals surface area contributed by atoms with Crippen LogP contribution in [0.15, 0.2) is 18.3 Å². The van der Waals surface area contributed by atoms with Crippen molar-refractivity contribution in [3.8, 4) is 0 Å². The third-order valence-electron chi connectivity index (χ3n) is 3.09. The minimum atomic E-state index is 0.771. The smallest absolute Gasteiger partial charge is 0.0589 e. The molecule has 1 heterocycles. The number of pyridine rings is 1. The maximum absolute atomic E-state index is 5.12. The molecule has 0 fully saturated rings. The van der Waals surface area contributed by atoms with Crippen molar-refractivity contribution in [2.75, 3.05) is 33.4 Å². The van der Waals surface area contributed by atoms with Crippen LogP contribution in [0.4, 0.5) is 0 Å². The summed E-state index contributed by atoms with van der Waals surface area (Å²) in [6, 6.07) is 4.29. The van der Waals surface area contributed by atoms with Gasteiger partial charge >= 0.3 is 0 Å². The normalized spacial score (nSPS) is 11.2. The quantitative estimate of drug-likeness (QED) is 0.657. The van der Waals surface area contributed by atoms with Crippen molar-refractivity contribution >= 4 is 0 Å². The van der Waals surface area contributed by atoms with E-state index >= 15 is 0 Å². The summed E-state index contributed by atoms with van der Waals surface area (Å²) in [4.78, 5) is 6.86. The molecule has 0 aromatic carbocycles. The Labute approximate surface area is 117 Å². The number of rotatable bonds is 10. The highest BCUT2D eigenvalue weighted by Gasteiger charge is 2.04. The summed E-state index contributed by atoms with van der Waals surface area (Å²) in [5.41, 5.74) is 2.37. The molecule has 108 valence electrons. The van der Waals surface area contributed by atoms with E-state index in [1.807, 2.05) is 6.20 Å². The van der Waals surface area contributed by atoms with Gasteiger partial charge in [0.25, 0.3) is 0 Å². The molecule has 1 aromatic heterocycles. The molecule has 1 N–H and O–H groups in total. The van der Waals surface area contributed by atoms with Gasteiger partial charge in [-0.15, -0.1) is 0 Å². The molecule has 0 saturated heterocycles. The van der Waals surface area contributed by atoms with Gasteiger partial charge in [-0.3, -0.25) is 9.88 Å². The molecule has 0 radical (unpaired) electrons. The molecule has 0 aliphatic carbocycles. The third-order valence-corrected chi connectivity index (χ3v) is 3.09. The number of nitrogens with zero attached hydrogens (tertiary/aromatic N) is 2. The molecule has 4 nitrogen and oxygen atoms in total. The van der Waals surface area contributed by atoms with Crippen LogP contribution >= 0.6 is 0 Å². The summed E-state index contributed by atoms with van der Waals surface area (Å²) >= 11 is 0. The van der Waals surface area contributed by atoms with Crippen molar-refractivity contribution in [3.05, 3.63) is 29.6 Å². The lowest BCUT2D eigenvalue weighted by Crippen LogP contribution is -2.27. The lowest BCUT2D eigenvalue weighted by molar-refractivity contribution is 0.147. The van der Waals surface area contributed by atoms with Gasteiger partial charge < -0.3 is 10.1 Å². The fraction of sp³-hybridized carbons (Fsp3) is 0.667. The van der Waals surface area contributed by atoms with Crippen molar-refractivity contribution in [1.82, 2.24) is 15.2 Å². The maximum Gasteiger partial charge on any atom is 0.0589 e.